The van der Waals surface area contributed by atoms with Crippen LogP contribution < -0.4 is 4.74 Å². The van der Waals surface area contributed by atoms with Gasteiger partial charge in [0.1, 0.15) is 0 Å². The van der Waals surface area contributed by atoms with Crippen molar-refractivity contribution in [1.29, 1.82) is 0 Å². The molecule has 12 heavy (non-hydrogen) atoms. The highest BCUT2D eigenvalue weighted by Gasteiger charge is 1.96. The largest absolute Gasteiger partial charge is 0.481 e. The molecular formula is C9H8N2O. The van der Waals surface area contributed by atoms with Gasteiger partial charge in [0.05, 0.1) is 19.5 Å². The lowest BCUT2D eigenvalue weighted by Crippen LogP contribution is -1.88. The lowest BCUT2D eigenvalue weighted by atomic mass is 10.3. The molecule has 3 nitrogen and oxygen atoms in total. The van der Waals surface area contributed by atoms with Gasteiger partial charge in [-0.3, -0.25) is 4.98 Å². The topological polar surface area (TPSA) is 35.0 Å². The van der Waals surface area contributed by atoms with Crippen LogP contribution in [-0.4, -0.2) is 17.1 Å². The quantitative estimate of drug-likeness (QED) is 0.637. The number of hydrogen-bond donors (Lipinski definition) is 0. The van der Waals surface area contributed by atoms with Crippen LogP contribution in [0.2, 0.25) is 0 Å². The Morgan fingerprint density at radius 3 is 3.08 bits per heavy atom. The predicted octanol–water partition coefficient (Wildman–Crippen LogP) is 1.64. The summed E-state index contributed by atoms with van der Waals surface area (Å²) in [6, 6.07) is 5.58. The van der Waals surface area contributed by atoms with E-state index in [1.807, 2.05) is 6.07 Å². The molecule has 0 N–H and O–H groups in total. The Morgan fingerprint density at radius 1 is 1.33 bits per heavy atom. The summed E-state index contributed by atoms with van der Waals surface area (Å²) in [6.45, 7) is 0. The number of ether oxygens (including phenoxy) is 1. The maximum atomic E-state index is 7.36. The van der Waals surface area contributed by atoms with Gasteiger partial charge >= 0.3 is 0 Å². The predicted molar refractivity (Wildman–Crippen MR) is 46.1 cm³/mol. The third kappa shape index (κ3) is 1.09. The Kier molecular flexibility index (Phi) is 1.37. The second-order valence-electron chi connectivity index (χ2n) is 2.33. The van der Waals surface area contributed by atoms with E-state index >= 15 is 0 Å². The monoisotopic (exact) mass is 161 g/mol. The SMILES string of the molecule is [2H]c1cnc2ccc(OC)nc2c1. The first-order valence-electron chi connectivity index (χ1n) is 4.07. The van der Waals surface area contributed by atoms with Crippen molar-refractivity contribution in [2.75, 3.05) is 7.11 Å². The Hall–Kier alpha value is -1.64. The van der Waals surface area contributed by atoms with Crippen LogP contribution in [0.5, 0.6) is 5.88 Å². The third-order valence-electron chi connectivity index (χ3n) is 1.58. The molecule has 0 aliphatic heterocycles. The van der Waals surface area contributed by atoms with Crippen molar-refractivity contribution in [1.82, 2.24) is 9.97 Å². The van der Waals surface area contributed by atoms with Gasteiger partial charge in [0, 0.05) is 12.3 Å². The van der Waals surface area contributed by atoms with Crippen LogP contribution in [0.3, 0.4) is 0 Å². The fourth-order valence-corrected chi connectivity index (χ4v) is 1.00. The van der Waals surface area contributed by atoms with Crippen molar-refractivity contribution in [3.05, 3.63) is 30.4 Å². The zero-order valence-electron chi connectivity index (χ0n) is 7.61. The molecule has 0 aliphatic carbocycles. The minimum Gasteiger partial charge on any atom is -0.481 e. The summed E-state index contributed by atoms with van der Waals surface area (Å²) in [4.78, 5) is 8.20. The molecular weight excluding hydrogens is 152 g/mol. The molecule has 0 fully saturated rings. The van der Waals surface area contributed by atoms with Gasteiger partial charge in [-0.1, -0.05) is 0 Å². The molecule has 2 aromatic heterocycles. The average Bonchev–Trinajstić information content (AvgIpc) is 2.16. The molecule has 3 heteroatoms. The summed E-state index contributed by atoms with van der Waals surface area (Å²) < 4.78 is 12.3. The van der Waals surface area contributed by atoms with Gasteiger partial charge in [-0.05, 0) is 18.2 Å². The summed E-state index contributed by atoms with van der Waals surface area (Å²) >= 11 is 0. The first-order chi connectivity index (χ1) is 6.29. The first kappa shape index (κ1) is 5.94. The highest BCUT2D eigenvalue weighted by Crippen LogP contribution is 2.12. The molecule has 0 unspecified atom stereocenters. The summed E-state index contributed by atoms with van der Waals surface area (Å²) in [6.07, 6.45) is 1.50. The van der Waals surface area contributed by atoms with Crippen molar-refractivity contribution in [2.24, 2.45) is 0 Å². The van der Waals surface area contributed by atoms with Gasteiger partial charge in [0.25, 0.3) is 0 Å². The Labute approximate surface area is 71.4 Å². The number of fused-ring (bicyclic) bond motifs is 1. The van der Waals surface area contributed by atoms with Crippen LogP contribution in [-0.2, 0) is 0 Å². The van der Waals surface area contributed by atoms with Crippen LogP contribution in [0.25, 0.3) is 11.0 Å². The smallest absolute Gasteiger partial charge is 0.213 e. The van der Waals surface area contributed by atoms with Crippen molar-refractivity contribution >= 4 is 11.0 Å². The van der Waals surface area contributed by atoms with Gasteiger partial charge in [-0.15, -0.1) is 0 Å². The Morgan fingerprint density at radius 2 is 2.25 bits per heavy atom. The third-order valence-corrected chi connectivity index (χ3v) is 1.58. The average molecular weight is 161 g/mol. The van der Waals surface area contributed by atoms with E-state index in [1.165, 1.54) is 6.20 Å². The van der Waals surface area contributed by atoms with E-state index in [0.29, 0.717) is 17.4 Å². The highest BCUT2D eigenvalue weighted by atomic mass is 16.5. The zero-order valence-corrected chi connectivity index (χ0v) is 6.61. The van der Waals surface area contributed by atoms with E-state index < -0.39 is 0 Å². The minimum absolute atomic E-state index is 0.355. The fraction of sp³-hybridized carbons (Fsp3) is 0.111. The van der Waals surface area contributed by atoms with E-state index in [4.69, 9.17) is 6.11 Å². The van der Waals surface area contributed by atoms with Crippen LogP contribution in [0.4, 0.5) is 0 Å². The summed E-state index contributed by atoms with van der Waals surface area (Å²) in [7, 11) is 1.56. The molecule has 0 amide bonds. The normalized spacial score (nSPS) is 11.2. The molecule has 0 aliphatic rings. The summed E-state index contributed by atoms with van der Waals surface area (Å²) in [5.41, 5.74) is 1.46. The van der Waals surface area contributed by atoms with Crippen molar-refractivity contribution in [2.45, 2.75) is 0 Å². The van der Waals surface area contributed by atoms with E-state index in [2.05, 4.69) is 9.97 Å². The van der Waals surface area contributed by atoms with Crippen molar-refractivity contribution in [3.63, 3.8) is 0 Å². The van der Waals surface area contributed by atoms with Crippen molar-refractivity contribution in [3.8, 4) is 5.88 Å². The van der Waals surface area contributed by atoms with Gasteiger partial charge < -0.3 is 4.74 Å². The van der Waals surface area contributed by atoms with Crippen LogP contribution in [0.1, 0.15) is 1.37 Å². The molecule has 0 atom stereocenters. The molecule has 0 bridgehead atoms. The number of pyridine rings is 2. The molecule has 0 saturated heterocycles. The number of hydrogen-bond acceptors (Lipinski definition) is 3. The lowest BCUT2D eigenvalue weighted by Gasteiger charge is -1.99. The minimum atomic E-state index is 0.355. The maximum absolute atomic E-state index is 7.36. The van der Waals surface area contributed by atoms with E-state index in [1.54, 1.807) is 19.2 Å². The van der Waals surface area contributed by atoms with Crippen LogP contribution in [0.15, 0.2) is 30.4 Å². The second kappa shape index (κ2) is 2.77. The van der Waals surface area contributed by atoms with Gasteiger partial charge in [-0.2, -0.15) is 0 Å². The molecule has 0 saturated carbocycles. The summed E-state index contributed by atoms with van der Waals surface area (Å²) in [5, 5.41) is 0. The molecule has 0 aromatic carbocycles. The fourth-order valence-electron chi connectivity index (χ4n) is 1.00. The van der Waals surface area contributed by atoms with Gasteiger partial charge in [0.15, 0.2) is 0 Å². The molecule has 0 radical (unpaired) electrons. The standard InChI is InChI=1S/C9H8N2O/c1-12-9-5-4-7-8(11-9)3-2-6-10-7/h2-6H,1H3/i2D. The molecule has 0 spiro atoms. The Bertz CT molecular complexity index is 445. The van der Waals surface area contributed by atoms with E-state index in [0.717, 1.165) is 5.52 Å². The molecule has 2 aromatic rings. The van der Waals surface area contributed by atoms with Crippen LogP contribution >= 0.6 is 0 Å². The second-order valence-corrected chi connectivity index (χ2v) is 2.33. The number of methoxy groups -OCH3 is 1. The van der Waals surface area contributed by atoms with Gasteiger partial charge in [0.2, 0.25) is 5.88 Å². The first-order valence-corrected chi connectivity index (χ1v) is 3.57. The number of rotatable bonds is 1. The number of aromatic nitrogens is 2. The Balaban J connectivity index is 2.68. The molecule has 2 rings (SSSR count). The number of nitrogens with zero attached hydrogens (tertiary/aromatic N) is 2. The maximum Gasteiger partial charge on any atom is 0.213 e. The highest BCUT2D eigenvalue weighted by molar-refractivity contribution is 5.74. The van der Waals surface area contributed by atoms with E-state index in [-0.39, 0.29) is 0 Å². The zero-order chi connectivity index (χ0) is 9.26. The van der Waals surface area contributed by atoms with E-state index in [9.17, 15) is 0 Å². The molecule has 2 heterocycles. The molecule has 60 valence electrons. The van der Waals surface area contributed by atoms with Gasteiger partial charge in [-0.25, -0.2) is 4.98 Å². The van der Waals surface area contributed by atoms with Crippen molar-refractivity contribution < 1.29 is 6.11 Å². The van der Waals surface area contributed by atoms with Crippen LogP contribution in [0, 0.1) is 0 Å². The summed E-state index contributed by atoms with van der Waals surface area (Å²) in [5.74, 6) is 0.542. The lowest BCUT2D eigenvalue weighted by molar-refractivity contribution is 0.399.